The molecule has 0 spiro atoms. The van der Waals surface area contributed by atoms with Crippen LogP contribution in [0, 0.1) is 6.92 Å². The van der Waals surface area contributed by atoms with Crippen molar-refractivity contribution in [1.29, 1.82) is 0 Å². The summed E-state index contributed by atoms with van der Waals surface area (Å²) >= 11 is 1.63. The number of hydrogen-bond donors (Lipinski definition) is 2. The SMILES string of the molecule is CN=C(NCCc1csc(C)n1)NCc1cccc(OC(F)F)c1. The molecule has 0 saturated heterocycles. The Morgan fingerprint density at radius 1 is 1.38 bits per heavy atom. The molecule has 0 aliphatic rings. The molecule has 0 amide bonds. The third-order valence-electron chi connectivity index (χ3n) is 3.15. The van der Waals surface area contributed by atoms with Crippen molar-refractivity contribution in [3.63, 3.8) is 0 Å². The van der Waals surface area contributed by atoms with Crippen molar-refractivity contribution in [2.24, 2.45) is 4.99 Å². The van der Waals surface area contributed by atoms with Gasteiger partial charge in [-0.3, -0.25) is 4.99 Å². The Balaban J connectivity index is 1.78. The maximum Gasteiger partial charge on any atom is 0.387 e. The lowest BCUT2D eigenvalue weighted by atomic mass is 10.2. The molecule has 2 rings (SSSR count). The van der Waals surface area contributed by atoms with Crippen LogP contribution in [-0.2, 0) is 13.0 Å². The summed E-state index contributed by atoms with van der Waals surface area (Å²) in [6.07, 6.45) is 0.808. The number of aryl methyl sites for hydroxylation is 1. The topological polar surface area (TPSA) is 58.5 Å². The summed E-state index contributed by atoms with van der Waals surface area (Å²) in [5, 5.41) is 9.43. The van der Waals surface area contributed by atoms with Gasteiger partial charge in [0.15, 0.2) is 5.96 Å². The molecule has 0 radical (unpaired) electrons. The van der Waals surface area contributed by atoms with Gasteiger partial charge in [0.05, 0.1) is 10.7 Å². The molecule has 0 fully saturated rings. The van der Waals surface area contributed by atoms with Crippen molar-refractivity contribution < 1.29 is 13.5 Å². The van der Waals surface area contributed by atoms with Crippen LogP contribution in [0.25, 0.3) is 0 Å². The number of nitrogens with zero attached hydrogens (tertiary/aromatic N) is 2. The molecule has 2 aromatic rings. The van der Waals surface area contributed by atoms with E-state index in [2.05, 4.69) is 25.3 Å². The van der Waals surface area contributed by atoms with Crippen LogP contribution in [-0.4, -0.2) is 31.1 Å². The predicted octanol–water partition coefficient (Wildman–Crippen LogP) is 2.96. The Kier molecular flexibility index (Phi) is 6.92. The zero-order chi connectivity index (χ0) is 17.4. The summed E-state index contributed by atoms with van der Waals surface area (Å²) in [6.45, 7) is 0.318. The smallest absolute Gasteiger partial charge is 0.387 e. The van der Waals surface area contributed by atoms with E-state index in [4.69, 9.17) is 0 Å². The van der Waals surface area contributed by atoms with E-state index in [1.54, 1.807) is 30.5 Å². The Labute approximate surface area is 143 Å². The van der Waals surface area contributed by atoms with Crippen LogP contribution >= 0.6 is 11.3 Å². The number of rotatable bonds is 7. The molecule has 5 nitrogen and oxygen atoms in total. The van der Waals surface area contributed by atoms with Gasteiger partial charge in [-0.1, -0.05) is 12.1 Å². The molecule has 0 bridgehead atoms. The molecule has 0 unspecified atom stereocenters. The van der Waals surface area contributed by atoms with Crippen LogP contribution in [0.5, 0.6) is 5.75 Å². The second-order valence-electron chi connectivity index (χ2n) is 4.99. The van der Waals surface area contributed by atoms with Gasteiger partial charge in [0, 0.05) is 31.9 Å². The van der Waals surface area contributed by atoms with Gasteiger partial charge >= 0.3 is 6.61 Å². The summed E-state index contributed by atoms with van der Waals surface area (Å²) in [5.41, 5.74) is 1.88. The number of ether oxygens (including phenoxy) is 1. The third kappa shape index (κ3) is 6.11. The highest BCUT2D eigenvalue weighted by Gasteiger charge is 2.05. The largest absolute Gasteiger partial charge is 0.435 e. The van der Waals surface area contributed by atoms with E-state index < -0.39 is 6.61 Å². The summed E-state index contributed by atoms with van der Waals surface area (Å²) < 4.78 is 28.9. The van der Waals surface area contributed by atoms with Crippen LogP contribution in [0.2, 0.25) is 0 Å². The first-order valence-corrected chi connectivity index (χ1v) is 8.34. The number of nitrogens with one attached hydrogen (secondary N) is 2. The van der Waals surface area contributed by atoms with Crippen LogP contribution in [0.15, 0.2) is 34.6 Å². The molecule has 2 N–H and O–H groups in total. The molecular formula is C16H20F2N4OS. The summed E-state index contributed by atoms with van der Waals surface area (Å²) in [7, 11) is 1.68. The first-order chi connectivity index (χ1) is 11.6. The van der Waals surface area contributed by atoms with Crippen LogP contribution in [0.1, 0.15) is 16.3 Å². The lowest BCUT2D eigenvalue weighted by molar-refractivity contribution is -0.0498. The van der Waals surface area contributed by atoms with Crippen LogP contribution in [0.3, 0.4) is 0 Å². The molecule has 24 heavy (non-hydrogen) atoms. The van der Waals surface area contributed by atoms with Crippen molar-refractivity contribution >= 4 is 17.3 Å². The maximum absolute atomic E-state index is 12.2. The van der Waals surface area contributed by atoms with Crippen molar-refractivity contribution in [2.45, 2.75) is 26.5 Å². The molecule has 130 valence electrons. The van der Waals surface area contributed by atoms with Gasteiger partial charge in [-0.2, -0.15) is 8.78 Å². The van der Waals surface area contributed by atoms with Gasteiger partial charge in [-0.25, -0.2) is 4.98 Å². The standard InChI is InChI=1S/C16H20F2N4OS/c1-11-22-13(10-24-11)6-7-20-16(19-2)21-9-12-4-3-5-14(8-12)23-15(17)18/h3-5,8,10,15H,6-7,9H2,1-2H3,(H2,19,20,21). The molecule has 0 aliphatic heterocycles. The molecule has 1 aromatic carbocycles. The number of thiazole rings is 1. The number of halogens is 2. The van der Waals surface area contributed by atoms with Gasteiger partial charge in [0.25, 0.3) is 0 Å². The van der Waals surface area contributed by atoms with E-state index >= 15 is 0 Å². The van der Waals surface area contributed by atoms with Crippen LogP contribution < -0.4 is 15.4 Å². The molecular weight excluding hydrogens is 334 g/mol. The quantitative estimate of drug-likeness (QED) is 0.593. The Morgan fingerprint density at radius 2 is 2.21 bits per heavy atom. The Bertz CT molecular complexity index is 676. The van der Waals surface area contributed by atoms with Crippen molar-refractivity contribution in [3.8, 4) is 5.75 Å². The van der Waals surface area contributed by atoms with Crippen LogP contribution in [0.4, 0.5) is 8.78 Å². The van der Waals surface area contributed by atoms with Crippen molar-refractivity contribution in [2.75, 3.05) is 13.6 Å². The van der Waals surface area contributed by atoms with Crippen molar-refractivity contribution in [3.05, 3.63) is 45.9 Å². The second-order valence-corrected chi connectivity index (χ2v) is 6.05. The lowest BCUT2D eigenvalue weighted by Crippen LogP contribution is -2.37. The molecule has 1 aromatic heterocycles. The highest BCUT2D eigenvalue weighted by Crippen LogP contribution is 2.15. The lowest BCUT2D eigenvalue weighted by Gasteiger charge is -2.12. The van der Waals surface area contributed by atoms with E-state index in [9.17, 15) is 8.78 Å². The summed E-state index contributed by atoms with van der Waals surface area (Å²) in [6, 6.07) is 6.58. The minimum atomic E-state index is -2.82. The fourth-order valence-electron chi connectivity index (χ4n) is 2.07. The van der Waals surface area contributed by atoms with E-state index in [1.165, 1.54) is 6.07 Å². The van der Waals surface area contributed by atoms with Gasteiger partial charge in [0.2, 0.25) is 0 Å². The monoisotopic (exact) mass is 354 g/mol. The Morgan fingerprint density at radius 3 is 2.88 bits per heavy atom. The fraction of sp³-hybridized carbons (Fsp3) is 0.375. The first kappa shape index (κ1) is 18.1. The van der Waals surface area contributed by atoms with E-state index in [1.807, 2.05) is 18.4 Å². The summed E-state index contributed by atoms with van der Waals surface area (Å²) in [4.78, 5) is 8.54. The number of aromatic nitrogens is 1. The Hall–Kier alpha value is -2.22. The third-order valence-corrected chi connectivity index (χ3v) is 3.97. The predicted molar refractivity (Wildman–Crippen MR) is 91.8 cm³/mol. The number of benzene rings is 1. The van der Waals surface area contributed by atoms with E-state index in [0.29, 0.717) is 19.0 Å². The molecule has 0 atom stereocenters. The zero-order valence-corrected chi connectivity index (χ0v) is 14.4. The molecule has 0 aliphatic carbocycles. The van der Waals surface area contributed by atoms with Gasteiger partial charge in [-0.15, -0.1) is 11.3 Å². The second kappa shape index (κ2) is 9.17. The zero-order valence-electron chi connectivity index (χ0n) is 13.6. The maximum atomic E-state index is 12.2. The molecule has 1 heterocycles. The molecule has 0 saturated carbocycles. The number of hydrogen-bond acceptors (Lipinski definition) is 4. The number of aliphatic imine (C=N–C) groups is 1. The summed E-state index contributed by atoms with van der Waals surface area (Å²) in [5.74, 6) is 0.785. The number of alkyl halides is 2. The van der Waals surface area contributed by atoms with Gasteiger partial charge < -0.3 is 15.4 Å². The minimum Gasteiger partial charge on any atom is -0.435 e. The number of guanidine groups is 1. The average Bonchev–Trinajstić information content (AvgIpc) is 2.96. The van der Waals surface area contributed by atoms with E-state index in [-0.39, 0.29) is 5.75 Å². The first-order valence-electron chi connectivity index (χ1n) is 7.46. The minimum absolute atomic E-state index is 0.145. The fourth-order valence-corrected chi connectivity index (χ4v) is 2.72. The van der Waals surface area contributed by atoms with Gasteiger partial charge in [-0.05, 0) is 24.6 Å². The van der Waals surface area contributed by atoms with Gasteiger partial charge in [0.1, 0.15) is 5.75 Å². The molecule has 8 heteroatoms. The normalized spacial score (nSPS) is 11.6. The van der Waals surface area contributed by atoms with E-state index in [0.717, 1.165) is 22.7 Å². The highest BCUT2D eigenvalue weighted by atomic mass is 32.1. The average molecular weight is 354 g/mol. The highest BCUT2D eigenvalue weighted by molar-refractivity contribution is 7.09. The van der Waals surface area contributed by atoms with Crippen molar-refractivity contribution in [1.82, 2.24) is 15.6 Å².